The van der Waals surface area contributed by atoms with Gasteiger partial charge in [-0.25, -0.2) is 9.78 Å². The predicted octanol–water partition coefficient (Wildman–Crippen LogP) is 3.03. The SMILES string of the molecule is CCOC(=O)c1cc(OC(F)(F)F)c(CCl)nc1F. The van der Waals surface area contributed by atoms with Gasteiger partial charge in [-0.15, -0.1) is 24.8 Å². The minimum atomic E-state index is -5.01. The molecule has 0 atom stereocenters. The molecule has 0 N–H and O–H groups in total. The fourth-order valence-corrected chi connectivity index (χ4v) is 1.36. The Bertz CT molecular complexity index is 479. The van der Waals surface area contributed by atoms with Crippen LogP contribution in [0.25, 0.3) is 0 Å². The van der Waals surface area contributed by atoms with Crippen LogP contribution in [0.4, 0.5) is 17.6 Å². The zero-order valence-corrected chi connectivity index (χ0v) is 10.3. The number of carbonyl (C=O) groups excluding carboxylic acids is 1. The van der Waals surface area contributed by atoms with Crippen LogP contribution < -0.4 is 4.74 Å². The van der Waals surface area contributed by atoms with Crippen LogP contribution in [-0.2, 0) is 10.6 Å². The molecule has 1 aromatic rings. The molecule has 0 aliphatic rings. The summed E-state index contributed by atoms with van der Waals surface area (Å²) in [6.45, 7) is 1.40. The molecular weight excluding hydrogens is 294 g/mol. The summed E-state index contributed by atoms with van der Waals surface area (Å²) in [7, 11) is 0. The molecule has 1 rings (SSSR count). The van der Waals surface area contributed by atoms with E-state index in [0.717, 1.165) is 0 Å². The first kappa shape index (κ1) is 15.5. The van der Waals surface area contributed by atoms with Gasteiger partial charge in [0, 0.05) is 6.07 Å². The molecule has 9 heteroatoms. The number of esters is 1. The maximum Gasteiger partial charge on any atom is 0.573 e. The van der Waals surface area contributed by atoms with E-state index in [2.05, 4.69) is 14.5 Å². The summed E-state index contributed by atoms with van der Waals surface area (Å²) in [4.78, 5) is 14.5. The lowest BCUT2D eigenvalue weighted by molar-refractivity contribution is -0.275. The Balaban J connectivity index is 3.21. The van der Waals surface area contributed by atoms with E-state index in [1.54, 1.807) is 0 Å². The van der Waals surface area contributed by atoms with E-state index < -0.39 is 41.2 Å². The summed E-state index contributed by atoms with van der Waals surface area (Å²) < 4.78 is 57.9. The van der Waals surface area contributed by atoms with Crippen LogP contribution in [0.1, 0.15) is 23.0 Å². The number of alkyl halides is 4. The van der Waals surface area contributed by atoms with Crippen LogP contribution in [0.3, 0.4) is 0 Å². The Kier molecular flexibility index (Phi) is 4.93. The van der Waals surface area contributed by atoms with Crippen LogP contribution in [0, 0.1) is 5.95 Å². The number of carbonyl (C=O) groups is 1. The van der Waals surface area contributed by atoms with Crippen molar-refractivity contribution in [3.8, 4) is 5.75 Å². The molecular formula is C10H8ClF4NO3. The van der Waals surface area contributed by atoms with Gasteiger partial charge in [0.25, 0.3) is 0 Å². The van der Waals surface area contributed by atoms with Crippen LogP contribution in [-0.4, -0.2) is 23.9 Å². The van der Waals surface area contributed by atoms with Crippen LogP contribution >= 0.6 is 11.6 Å². The van der Waals surface area contributed by atoms with Gasteiger partial charge in [-0.2, -0.15) is 4.39 Å². The van der Waals surface area contributed by atoms with Crippen molar-refractivity contribution in [2.24, 2.45) is 0 Å². The van der Waals surface area contributed by atoms with Gasteiger partial charge in [0.2, 0.25) is 5.95 Å². The largest absolute Gasteiger partial charge is 0.573 e. The lowest BCUT2D eigenvalue weighted by Gasteiger charge is -2.13. The maximum absolute atomic E-state index is 13.4. The maximum atomic E-state index is 13.4. The molecule has 0 unspecified atom stereocenters. The molecule has 0 bridgehead atoms. The molecule has 0 aromatic carbocycles. The summed E-state index contributed by atoms with van der Waals surface area (Å²) >= 11 is 5.33. The second-order valence-corrected chi connectivity index (χ2v) is 3.44. The van der Waals surface area contributed by atoms with E-state index in [-0.39, 0.29) is 6.61 Å². The first-order valence-electron chi connectivity index (χ1n) is 4.96. The van der Waals surface area contributed by atoms with E-state index in [9.17, 15) is 22.4 Å². The number of hydrogen-bond acceptors (Lipinski definition) is 4. The molecule has 0 amide bonds. The molecule has 0 radical (unpaired) electrons. The first-order valence-corrected chi connectivity index (χ1v) is 5.50. The van der Waals surface area contributed by atoms with Crippen molar-refractivity contribution < 1.29 is 31.8 Å². The summed E-state index contributed by atoms with van der Waals surface area (Å²) in [6, 6.07) is 0.561. The predicted molar refractivity (Wildman–Crippen MR) is 56.4 cm³/mol. The standard InChI is InChI=1S/C10H8ClF4NO3/c1-2-18-9(17)5-3-7(19-10(13,14)15)6(4-11)16-8(5)12/h3H,2,4H2,1H3. The smallest absolute Gasteiger partial charge is 0.462 e. The van der Waals surface area contributed by atoms with Gasteiger partial charge in [0.15, 0.2) is 5.75 Å². The summed E-state index contributed by atoms with van der Waals surface area (Å²) in [5.74, 6) is -3.76. The monoisotopic (exact) mass is 301 g/mol. The Morgan fingerprint density at radius 1 is 1.47 bits per heavy atom. The third kappa shape index (κ3) is 4.23. The molecule has 0 aliphatic carbocycles. The van der Waals surface area contributed by atoms with Crippen molar-refractivity contribution in [2.75, 3.05) is 6.61 Å². The fourth-order valence-electron chi connectivity index (χ4n) is 1.17. The Hall–Kier alpha value is -1.57. The number of nitrogens with zero attached hydrogens (tertiary/aromatic N) is 1. The summed E-state index contributed by atoms with van der Waals surface area (Å²) in [5.41, 5.74) is -1.22. The number of pyridine rings is 1. The van der Waals surface area contributed by atoms with Crippen molar-refractivity contribution in [1.29, 1.82) is 0 Å². The normalized spacial score (nSPS) is 11.3. The average molecular weight is 302 g/mol. The van der Waals surface area contributed by atoms with Crippen LogP contribution in [0.15, 0.2) is 6.07 Å². The lowest BCUT2D eigenvalue weighted by Crippen LogP contribution is -2.20. The fraction of sp³-hybridized carbons (Fsp3) is 0.400. The van der Waals surface area contributed by atoms with E-state index in [4.69, 9.17) is 11.6 Å². The number of ether oxygens (including phenoxy) is 2. The van der Waals surface area contributed by atoms with Gasteiger partial charge in [0.05, 0.1) is 12.5 Å². The van der Waals surface area contributed by atoms with Crippen molar-refractivity contribution in [3.63, 3.8) is 0 Å². The van der Waals surface area contributed by atoms with Crippen LogP contribution in [0.5, 0.6) is 5.75 Å². The molecule has 4 nitrogen and oxygen atoms in total. The number of halogens is 5. The molecule has 0 spiro atoms. The average Bonchev–Trinajstić information content (AvgIpc) is 2.29. The molecule has 1 aromatic heterocycles. The molecule has 106 valence electrons. The molecule has 0 aliphatic heterocycles. The van der Waals surface area contributed by atoms with Crippen molar-refractivity contribution >= 4 is 17.6 Å². The second kappa shape index (κ2) is 6.05. The van der Waals surface area contributed by atoms with Gasteiger partial charge >= 0.3 is 12.3 Å². The van der Waals surface area contributed by atoms with E-state index >= 15 is 0 Å². The molecule has 0 saturated carbocycles. The minimum Gasteiger partial charge on any atom is -0.462 e. The highest BCUT2D eigenvalue weighted by atomic mass is 35.5. The van der Waals surface area contributed by atoms with Gasteiger partial charge < -0.3 is 9.47 Å². The highest BCUT2D eigenvalue weighted by molar-refractivity contribution is 6.17. The molecule has 1 heterocycles. The van der Waals surface area contributed by atoms with E-state index in [0.29, 0.717) is 6.07 Å². The number of aromatic nitrogens is 1. The molecule has 19 heavy (non-hydrogen) atoms. The molecule has 0 fully saturated rings. The van der Waals surface area contributed by atoms with Crippen molar-refractivity contribution in [2.45, 2.75) is 19.2 Å². The van der Waals surface area contributed by atoms with Crippen molar-refractivity contribution in [1.82, 2.24) is 4.98 Å². The minimum absolute atomic E-state index is 0.0645. The van der Waals surface area contributed by atoms with E-state index in [1.807, 2.05) is 0 Å². The topological polar surface area (TPSA) is 48.4 Å². The first-order chi connectivity index (χ1) is 8.78. The third-order valence-electron chi connectivity index (χ3n) is 1.86. The number of rotatable bonds is 4. The second-order valence-electron chi connectivity index (χ2n) is 3.17. The van der Waals surface area contributed by atoms with E-state index in [1.165, 1.54) is 6.92 Å². The highest BCUT2D eigenvalue weighted by Gasteiger charge is 2.33. The quantitative estimate of drug-likeness (QED) is 0.371. The van der Waals surface area contributed by atoms with Crippen LogP contribution in [0.2, 0.25) is 0 Å². The zero-order chi connectivity index (χ0) is 14.6. The van der Waals surface area contributed by atoms with Gasteiger partial charge in [0.1, 0.15) is 11.3 Å². The lowest BCUT2D eigenvalue weighted by atomic mass is 10.2. The van der Waals surface area contributed by atoms with Crippen molar-refractivity contribution in [3.05, 3.63) is 23.3 Å². The van der Waals surface area contributed by atoms with Gasteiger partial charge in [-0.1, -0.05) is 0 Å². The summed E-state index contributed by atoms with van der Waals surface area (Å²) in [5, 5.41) is 0. The third-order valence-corrected chi connectivity index (χ3v) is 2.12. The Morgan fingerprint density at radius 3 is 2.58 bits per heavy atom. The highest BCUT2D eigenvalue weighted by Crippen LogP contribution is 2.28. The van der Waals surface area contributed by atoms with Gasteiger partial charge in [-0.3, -0.25) is 0 Å². The Morgan fingerprint density at radius 2 is 2.11 bits per heavy atom. The number of hydrogen-bond donors (Lipinski definition) is 0. The Labute approximate surface area is 110 Å². The van der Waals surface area contributed by atoms with Gasteiger partial charge in [-0.05, 0) is 6.92 Å². The zero-order valence-electron chi connectivity index (χ0n) is 9.55. The molecule has 0 saturated heterocycles. The summed E-state index contributed by atoms with van der Waals surface area (Å²) in [6.07, 6.45) is -5.01.